The molecule has 2 atom stereocenters. The van der Waals surface area contributed by atoms with Crippen LogP contribution in [0.4, 0.5) is 0 Å². The van der Waals surface area contributed by atoms with Crippen molar-refractivity contribution in [1.82, 2.24) is 8.75 Å². The van der Waals surface area contributed by atoms with Gasteiger partial charge in [0.2, 0.25) is 0 Å². The first-order valence-electron chi connectivity index (χ1n) is 14.3. The van der Waals surface area contributed by atoms with E-state index in [0.29, 0.717) is 29.9 Å². The van der Waals surface area contributed by atoms with Crippen LogP contribution < -0.4 is 4.74 Å². The van der Waals surface area contributed by atoms with E-state index in [1.807, 2.05) is 18.2 Å². The lowest BCUT2D eigenvalue weighted by Crippen LogP contribution is -2.51. The van der Waals surface area contributed by atoms with Gasteiger partial charge in [0.15, 0.2) is 0 Å². The molecule has 0 spiro atoms. The smallest absolute Gasteiger partial charge is 0.310 e. The number of rotatable bonds is 17. The molecule has 7 heteroatoms. The van der Waals surface area contributed by atoms with Gasteiger partial charge in [-0.15, -0.1) is 4.37 Å². The van der Waals surface area contributed by atoms with E-state index in [2.05, 4.69) is 47.9 Å². The molecule has 2 heterocycles. The van der Waals surface area contributed by atoms with Crippen molar-refractivity contribution in [2.45, 2.75) is 97.1 Å². The molecule has 1 aliphatic rings. The fraction of sp³-hybridized carbons (Fsp3) is 0.633. The predicted molar refractivity (Wildman–Crippen MR) is 151 cm³/mol. The number of unbranched alkanes of at least 4 members (excludes halogenated alkanes) is 8. The summed E-state index contributed by atoms with van der Waals surface area (Å²) < 4.78 is 21.9. The van der Waals surface area contributed by atoms with E-state index in [1.54, 1.807) is 0 Å². The Morgan fingerprint density at radius 2 is 1.68 bits per heavy atom. The molecule has 6 nitrogen and oxygen atoms in total. The summed E-state index contributed by atoms with van der Waals surface area (Å²) in [6.07, 6.45) is 14.8. The first kappa shape index (κ1) is 29.3. The summed E-state index contributed by atoms with van der Waals surface area (Å²) in [6.45, 7) is 6.70. The SMILES string of the molecule is CCCCCCCCC(=O)OC(c1ccccc1)[N+]1(C)CCC=C(c2nsnc2OCCCCCC)C1. The maximum atomic E-state index is 13.0. The molecule has 2 unspecified atom stereocenters. The zero-order valence-electron chi connectivity index (χ0n) is 23.1. The highest BCUT2D eigenvalue weighted by molar-refractivity contribution is 6.99. The Morgan fingerprint density at radius 1 is 0.973 bits per heavy atom. The summed E-state index contributed by atoms with van der Waals surface area (Å²) in [5, 5.41) is 0. The van der Waals surface area contributed by atoms with E-state index in [4.69, 9.17) is 9.47 Å². The quantitative estimate of drug-likeness (QED) is 0.119. The number of nitrogens with zero attached hydrogens (tertiary/aromatic N) is 3. The van der Waals surface area contributed by atoms with E-state index in [1.165, 1.54) is 56.7 Å². The van der Waals surface area contributed by atoms with Gasteiger partial charge in [-0.3, -0.25) is 9.28 Å². The van der Waals surface area contributed by atoms with Gasteiger partial charge in [0.1, 0.15) is 12.2 Å². The molecule has 3 rings (SSSR count). The molecule has 2 aromatic rings. The Morgan fingerprint density at radius 3 is 2.43 bits per heavy atom. The molecule has 0 saturated carbocycles. The summed E-state index contributed by atoms with van der Waals surface area (Å²) in [5.41, 5.74) is 3.00. The third-order valence-corrected chi connectivity index (χ3v) is 7.70. The number of likely N-dealkylation sites (N-methyl/N-ethyl adjacent to an activating group) is 1. The standard InChI is InChI=1S/C30H46N3O3S/c1-4-6-8-10-11-15-21-27(34)36-30(25-18-13-12-14-19-25)33(3)22-17-20-26(24-33)28-29(32-37-31-28)35-23-16-9-7-5-2/h12-14,18-20,30H,4-11,15-17,21-24H2,1-3H3/q+1. The van der Waals surface area contributed by atoms with E-state index >= 15 is 0 Å². The number of aromatic nitrogens is 2. The average Bonchev–Trinajstić information content (AvgIpc) is 3.38. The second kappa shape index (κ2) is 15.9. The van der Waals surface area contributed by atoms with Gasteiger partial charge in [-0.2, -0.15) is 4.37 Å². The molecule has 0 aliphatic carbocycles. The maximum absolute atomic E-state index is 13.0. The van der Waals surface area contributed by atoms with Crippen LogP contribution in [-0.4, -0.2) is 45.9 Å². The minimum Gasteiger partial charge on any atom is -0.475 e. The zero-order valence-corrected chi connectivity index (χ0v) is 23.9. The van der Waals surface area contributed by atoms with E-state index in [9.17, 15) is 4.79 Å². The van der Waals surface area contributed by atoms with Crippen molar-refractivity contribution in [2.24, 2.45) is 0 Å². The number of hydrogen-bond acceptors (Lipinski definition) is 6. The minimum atomic E-state index is -0.359. The molecule has 0 amide bonds. The first-order chi connectivity index (χ1) is 18.1. The van der Waals surface area contributed by atoms with Crippen molar-refractivity contribution in [1.29, 1.82) is 0 Å². The predicted octanol–water partition coefficient (Wildman–Crippen LogP) is 7.72. The summed E-state index contributed by atoms with van der Waals surface area (Å²) in [7, 11) is 2.19. The van der Waals surface area contributed by atoms with E-state index < -0.39 is 0 Å². The van der Waals surface area contributed by atoms with Gasteiger partial charge in [-0.05, 0) is 25.0 Å². The highest BCUT2D eigenvalue weighted by Crippen LogP contribution is 2.37. The van der Waals surface area contributed by atoms with E-state index in [-0.39, 0.29) is 12.2 Å². The molecule has 1 aromatic heterocycles. The third-order valence-electron chi connectivity index (χ3n) is 7.19. The highest BCUT2D eigenvalue weighted by atomic mass is 32.1. The van der Waals surface area contributed by atoms with Crippen molar-refractivity contribution < 1.29 is 18.8 Å². The molecule has 0 radical (unpaired) electrons. The number of hydrogen-bond donors (Lipinski definition) is 0. The number of carbonyl (C=O) groups excluding carboxylic acids is 1. The van der Waals surface area contributed by atoms with Crippen LogP contribution in [0, 0.1) is 0 Å². The summed E-state index contributed by atoms with van der Waals surface area (Å²) >= 11 is 1.20. The monoisotopic (exact) mass is 528 g/mol. The normalized spacial score (nSPS) is 18.3. The topological polar surface area (TPSA) is 61.3 Å². The molecule has 0 saturated heterocycles. The van der Waals surface area contributed by atoms with Crippen LogP contribution in [0.15, 0.2) is 36.4 Å². The Labute approximate surface area is 228 Å². The molecule has 0 bridgehead atoms. The minimum absolute atomic E-state index is 0.105. The average molecular weight is 529 g/mol. The van der Waals surface area contributed by atoms with Crippen molar-refractivity contribution in [2.75, 3.05) is 26.7 Å². The van der Waals surface area contributed by atoms with E-state index in [0.717, 1.165) is 49.1 Å². The lowest BCUT2D eigenvalue weighted by atomic mass is 10.0. The number of ether oxygens (including phenoxy) is 2. The van der Waals surface area contributed by atoms with Gasteiger partial charge in [0.25, 0.3) is 12.1 Å². The molecule has 1 aliphatic heterocycles. The lowest BCUT2D eigenvalue weighted by Gasteiger charge is -2.42. The highest BCUT2D eigenvalue weighted by Gasteiger charge is 2.40. The maximum Gasteiger partial charge on any atom is 0.310 e. The molecule has 204 valence electrons. The van der Waals surface area contributed by atoms with Crippen molar-refractivity contribution in [3.8, 4) is 5.88 Å². The van der Waals surface area contributed by atoms with Gasteiger partial charge >= 0.3 is 5.97 Å². The lowest BCUT2D eigenvalue weighted by molar-refractivity contribution is -0.953. The second-order valence-corrected chi connectivity index (χ2v) is 11.0. The first-order valence-corrected chi connectivity index (χ1v) is 15.0. The largest absolute Gasteiger partial charge is 0.475 e. The molecular weight excluding hydrogens is 482 g/mol. The Kier molecular flexibility index (Phi) is 12.6. The molecule has 0 fully saturated rings. The summed E-state index contributed by atoms with van der Waals surface area (Å²) in [4.78, 5) is 13.0. The second-order valence-electron chi connectivity index (χ2n) is 10.5. The van der Waals surface area contributed by atoms with Crippen LogP contribution in [-0.2, 0) is 9.53 Å². The van der Waals surface area contributed by atoms with Crippen molar-refractivity contribution in [3.05, 3.63) is 47.7 Å². The fourth-order valence-corrected chi connectivity index (χ4v) is 5.54. The Balaban J connectivity index is 1.67. The zero-order chi connectivity index (χ0) is 26.3. The number of quaternary nitrogens is 1. The van der Waals surface area contributed by atoms with Crippen LogP contribution in [0.5, 0.6) is 5.88 Å². The van der Waals surface area contributed by atoms with Gasteiger partial charge in [0.05, 0.1) is 37.5 Å². The van der Waals surface area contributed by atoms with Gasteiger partial charge < -0.3 is 9.47 Å². The number of carbonyl (C=O) groups is 1. The fourth-order valence-electron chi connectivity index (χ4n) is 5.01. The van der Waals surface area contributed by atoms with Crippen LogP contribution >= 0.6 is 11.7 Å². The number of esters is 1. The Bertz CT molecular complexity index is 962. The molecule has 37 heavy (non-hydrogen) atoms. The van der Waals surface area contributed by atoms with Crippen molar-refractivity contribution in [3.63, 3.8) is 0 Å². The number of benzene rings is 1. The van der Waals surface area contributed by atoms with Gasteiger partial charge in [-0.25, -0.2) is 0 Å². The van der Waals surface area contributed by atoms with Crippen LogP contribution in [0.25, 0.3) is 5.57 Å². The third kappa shape index (κ3) is 9.22. The van der Waals surface area contributed by atoms with Crippen LogP contribution in [0.1, 0.15) is 108 Å². The van der Waals surface area contributed by atoms with Gasteiger partial charge in [-0.1, -0.05) is 89.5 Å². The molecular formula is C30H46N3O3S+. The summed E-state index contributed by atoms with van der Waals surface area (Å²) in [6, 6.07) is 10.2. The molecule has 0 N–H and O–H groups in total. The van der Waals surface area contributed by atoms with Crippen LogP contribution in [0.2, 0.25) is 0 Å². The Hall–Kier alpha value is -2.25. The molecule has 1 aromatic carbocycles. The summed E-state index contributed by atoms with van der Waals surface area (Å²) in [5.74, 6) is 0.531. The van der Waals surface area contributed by atoms with Crippen molar-refractivity contribution >= 4 is 23.3 Å². The van der Waals surface area contributed by atoms with Gasteiger partial charge in [0, 0.05) is 18.4 Å². The van der Waals surface area contributed by atoms with Crippen LogP contribution in [0.3, 0.4) is 0 Å².